The fourth-order valence-electron chi connectivity index (χ4n) is 1.75. The Bertz CT molecular complexity index is 521. The number of nitrogens with one attached hydrogen (secondary N) is 1. The lowest BCUT2D eigenvalue weighted by atomic mass is 10.2. The van der Waals surface area contributed by atoms with Crippen molar-refractivity contribution < 1.29 is 23.5 Å². The summed E-state index contributed by atoms with van der Waals surface area (Å²) in [6.07, 6.45) is -0.170. The SMILES string of the molecule is CC(C)N(CCC(=O)O)C(=O)NCc1ccc(F)cc1F. The second kappa shape index (κ2) is 7.56. The highest BCUT2D eigenvalue weighted by Crippen LogP contribution is 2.09. The number of carboxylic acid groups (broad SMARTS) is 1. The molecule has 1 aromatic rings. The van der Waals surface area contributed by atoms with E-state index in [0.29, 0.717) is 0 Å². The fourth-order valence-corrected chi connectivity index (χ4v) is 1.75. The lowest BCUT2D eigenvalue weighted by molar-refractivity contribution is -0.137. The molecule has 0 aromatic heterocycles. The molecule has 1 rings (SSSR count). The highest BCUT2D eigenvalue weighted by molar-refractivity contribution is 5.75. The van der Waals surface area contributed by atoms with Crippen molar-refractivity contribution in [2.75, 3.05) is 6.54 Å². The molecule has 7 heteroatoms. The first-order valence-corrected chi connectivity index (χ1v) is 6.51. The second-order valence-electron chi connectivity index (χ2n) is 4.83. The van der Waals surface area contributed by atoms with Gasteiger partial charge in [-0.1, -0.05) is 6.07 Å². The van der Waals surface area contributed by atoms with Crippen LogP contribution in [0.5, 0.6) is 0 Å². The zero-order chi connectivity index (χ0) is 16.0. The molecular weight excluding hydrogens is 282 g/mol. The van der Waals surface area contributed by atoms with Gasteiger partial charge in [-0.25, -0.2) is 13.6 Å². The molecule has 2 N–H and O–H groups in total. The van der Waals surface area contributed by atoms with Crippen LogP contribution >= 0.6 is 0 Å². The number of benzene rings is 1. The van der Waals surface area contributed by atoms with E-state index in [0.717, 1.165) is 12.1 Å². The van der Waals surface area contributed by atoms with Crippen LogP contribution in [-0.4, -0.2) is 34.6 Å². The maximum Gasteiger partial charge on any atom is 0.317 e. The van der Waals surface area contributed by atoms with Crippen molar-refractivity contribution in [1.82, 2.24) is 10.2 Å². The van der Waals surface area contributed by atoms with Gasteiger partial charge in [0.2, 0.25) is 0 Å². The van der Waals surface area contributed by atoms with E-state index in [9.17, 15) is 18.4 Å². The molecule has 0 atom stereocenters. The van der Waals surface area contributed by atoms with Gasteiger partial charge >= 0.3 is 12.0 Å². The summed E-state index contributed by atoms with van der Waals surface area (Å²) in [6.45, 7) is 3.46. The summed E-state index contributed by atoms with van der Waals surface area (Å²) in [5.74, 6) is -2.43. The highest BCUT2D eigenvalue weighted by atomic mass is 19.1. The number of hydrogen-bond acceptors (Lipinski definition) is 2. The van der Waals surface area contributed by atoms with Crippen LogP contribution in [-0.2, 0) is 11.3 Å². The van der Waals surface area contributed by atoms with Crippen molar-refractivity contribution in [3.05, 3.63) is 35.4 Å². The van der Waals surface area contributed by atoms with Gasteiger partial charge in [0.25, 0.3) is 0 Å². The van der Waals surface area contributed by atoms with Crippen LogP contribution in [0, 0.1) is 11.6 Å². The fraction of sp³-hybridized carbons (Fsp3) is 0.429. The third-order valence-corrected chi connectivity index (χ3v) is 2.90. The first-order valence-electron chi connectivity index (χ1n) is 6.51. The van der Waals surface area contributed by atoms with Gasteiger partial charge in [0.1, 0.15) is 11.6 Å². The minimum Gasteiger partial charge on any atom is -0.481 e. The molecule has 0 spiro atoms. The molecule has 5 nitrogen and oxygen atoms in total. The van der Waals surface area contributed by atoms with Crippen molar-refractivity contribution >= 4 is 12.0 Å². The number of amides is 2. The zero-order valence-corrected chi connectivity index (χ0v) is 11.9. The maximum atomic E-state index is 13.4. The molecule has 0 radical (unpaired) electrons. The summed E-state index contributed by atoms with van der Waals surface area (Å²) in [4.78, 5) is 23.9. The normalized spacial score (nSPS) is 10.5. The lowest BCUT2D eigenvalue weighted by Gasteiger charge is -2.26. The Morgan fingerprint density at radius 3 is 2.52 bits per heavy atom. The molecule has 0 fully saturated rings. The summed E-state index contributed by atoms with van der Waals surface area (Å²) >= 11 is 0. The predicted octanol–water partition coefficient (Wildman–Crippen LogP) is 2.36. The van der Waals surface area contributed by atoms with Crippen molar-refractivity contribution in [3.8, 4) is 0 Å². The van der Waals surface area contributed by atoms with Crippen molar-refractivity contribution in [2.45, 2.75) is 32.9 Å². The van der Waals surface area contributed by atoms with Gasteiger partial charge in [-0.15, -0.1) is 0 Å². The summed E-state index contributed by atoms with van der Waals surface area (Å²) in [5, 5.41) is 11.1. The van der Waals surface area contributed by atoms with Gasteiger partial charge in [0.15, 0.2) is 0 Å². The van der Waals surface area contributed by atoms with E-state index in [4.69, 9.17) is 5.11 Å². The zero-order valence-electron chi connectivity index (χ0n) is 11.9. The quantitative estimate of drug-likeness (QED) is 0.847. The predicted molar refractivity (Wildman–Crippen MR) is 72.7 cm³/mol. The molecule has 1 aromatic carbocycles. The Balaban J connectivity index is 2.62. The van der Waals surface area contributed by atoms with Crippen LogP contribution in [0.15, 0.2) is 18.2 Å². The van der Waals surface area contributed by atoms with E-state index in [-0.39, 0.29) is 31.1 Å². The van der Waals surface area contributed by atoms with Crippen LogP contribution in [0.25, 0.3) is 0 Å². The van der Waals surface area contributed by atoms with E-state index < -0.39 is 23.6 Å². The van der Waals surface area contributed by atoms with Gasteiger partial charge in [0.05, 0.1) is 6.42 Å². The number of carbonyl (C=O) groups is 2. The van der Waals surface area contributed by atoms with Gasteiger partial charge < -0.3 is 15.3 Å². The van der Waals surface area contributed by atoms with E-state index in [2.05, 4.69) is 5.32 Å². The molecule has 0 heterocycles. The van der Waals surface area contributed by atoms with Crippen LogP contribution in [0.4, 0.5) is 13.6 Å². The van der Waals surface area contributed by atoms with E-state index in [1.165, 1.54) is 11.0 Å². The topological polar surface area (TPSA) is 69.6 Å². The number of carboxylic acids is 1. The smallest absolute Gasteiger partial charge is 0.317 e. The molecule has 0 saturated carbocycles. The monoisotopic (exact) mass is 300 g/mol. The van der Waals surface area contributed by atoms with Crippen LogP contribution < -0.4 is 5.32 Å². The Morgan fingerprint density at radius 2 is 2.00 bits per heavy atom. The van der Waals surface area contributed by atoms with Crippen molar-refractivity contribution in [3.63, 3.8) is 0 Å². The number of hydrogen-bond donors (Lipinski definition) is 2. The maximum absolute atomic E-state index is 13.4. The second-order valence-corrected chi connectivity index (χ2v) is 4.83. The molecule has 0 aliphatic carbocycles. The van der Waals surface area contributed by atoms with Gasteiger partial charge in [-0.05, 0) is 19.9 Å². The Hall–Kier alpha value is -2.18. The largest absolute Gasteiger partial charge is 0.481 e. The van der Waals surface area contributed by atoms with Crippen molar-refractivity contribution in [2.24, 2.45) is 0 Å². The first kappa shape index (κ1) is 16.9. The summed E-state index contributed by atoms with van der Waals surface area (Å²) < 4.78 is 26.2. The van der Waals surface area contributed by atoms with Crippen LogP contribution in [0.3, 0.4) is 0 Å². The number of rotatable bonds is 6. The number of aliphatic carboxylic acids is 1. The summed E-state index contributed by atoms with van der Waals surface area (Å²) in [5.41, 5.74) is 0.159. The molecule has 0 aliphatic rings. The first-order chi connectivity index (χ1) is 9.81. The van der Waals surface area contributed by atoms with Gasteiger partial charge in [-0.3, -0.25) is 4.79 Å². The third-order valence-electron chi connectivity index (χ3n) is 2.90. The lowest BCUT2D eigenvalue weighted by Crippen LogP contribution is -2.44. The van der Waals surface area contributed by atoms with Gasteiger partial charge in [-0.2, -0.15) is 0 Å². The van der Waals surface area contributed by atoms with Crippen molar-refractivity contribution in [1.29, 1.82) is 0 Å². The molecule has 0 saturated heterocycles. The molecule has 0 unspecified atom stereocenters. The minimum atomic E-state index is -1.00. The number of carbonyl (C=O) groups excluding carboxylic acids is 1. The highest BCUT2D eigenvalue weighted by Gasteiger charge is 2.18. The molecular formula is C14H18F2N2O3. The van der Waals surface area contributed by atoms with E-state index in [1.54, 1.807) is 13.8 Å². The molecule has 21 heavy (non-hydrogen) atoms. The van der Waals surface area contributed by atoms with Crippen LogP contribution in [0.1, 0.15) is 25.8 Å². The van der Waals surface area contributed by atoms with Crippen LogP contribution in [0.2, 0.25) is 0 Å². The third kappa shape index (κ3) is 5.37. The average molecular weight is 300 g/mol. The van der Waals surface area contributed by atoms with Gasteiger partial charge in [0, 0.05) is 30.8 Å². The Morgan fingerprint density at radius 1 is 1.33 bits per heavy atom. The number of nitrogens with zero attached hydrogens (tertiary/aromatic N) is 1. The van der Waals surface area contributed by atoms with E-state index in [1.807, 2.05) is 0 Å². The molecule has 116 valence electrons. The molecule has 0 bridgehead atoms. The van der Waals surface area contributed by atoms with E-state index >= 15 is 0 Å². The number of urea groups is 1. The Kier molecular flexibility index (Phi) is 6.08. The number of halogens is 2. The Labute approximate surface area is 121 Å². The molecule has 0 aliphatic heterocycles. The minimum absolute atomic E-state index is 0.0603. The summed E-state index contributed by atoms with van der Waals surface area (Å²) in [7, 11) is 0. The molecule has 2 amide bonds. The standard InChI is InChI=1S/C14H18F2N2O3/c1-9(2)18(6-5-13(19)20)14(21)17-8-10-3-4-11(15)7-12(10)16/h3-4,7,9H,5-6,8H2,1-2H3,(H,17,21)(H,19,20). The average Bonchev–Trinajstić information content (AvgIpc) is 2.37. The summed E-state index contributed by atoms with van der Waals surface area (Å²) in [6, 6.07) is 2.42.